The Morgan fingerprint density at radius 2 is 1.97 bits per heavy atom. The van der Waals surface area contributed by atoms with E-state index in [-0.39, 0.29) is 17.3 Å². The van der Waals surface area contributed by atoms with Crippen molar-refractivity contribution in [2.75, 3.05) is 16.8 Å². The summed E-state index contributed by atoms with van der Waals surface area (Å²) in [4.78, 5) is 27.6. The van der Waals surface area contributed by atoms with Crippen molar-refractivity contribution in [3.63, 3.8) is 0 Å². The van der Waals surface area contributed by atoms with Crippen LogP contribution in [0.25, 0.3) is 16.0 Å². The highest BCUT2D eigenvalue weighted by Crippen LogP contribution is 2.34. The predicted octanol–water partition coefficient (Wildman–Crippen LogP) is 3.99. The Morgan fingerprint density at radius 3 is 2.80 bits per heavy atom. The summed E-state index contributed by atoms with van der Waals surface area (Å²) in [6, 6.07) is 13.3. The number of thiophene rings is 1. The standard InChI is InChI=1S/C25H21FN6O2S/c1-30-24(34)22-20(11-13-35-22)32-21(28-29-25(30)32)14-31-12-3-4-17-18(5-2-6-19(17)31)27-23(33)15-7-9-16(26)10-8-15/h2,5-11,13H,3-4,12,14H2,1H3,(H,27,33). The molecule has 4 heterocycles. The Bertz CT molecular complexity index is 1650. The summed E-state index contributed by atoms with van der Waals surface area (Å²) in [6.45, 7) is 1.34. The average Bonchev–Trinajstić information content (AvgIpc) is 3.51. The zero-order chi connectivity index (χ0) is 24.1. The summed E-state index contributed by atoms with van der Waals surface area (Å²) in [6.07, 6.45) is 1.75. The molecular formula is C25H21FN6O2S. The minimum atomic E-state index is -0.380. The Kier molecular flexibility index (Phi) is 5.10. The van der Waals surface area contributed by atoms with Gasteiger partial charge in [0.1, 0.15) is 10.5 Å². The van der Waals surface area contributed by atoms with E-state index in [0.717, 1.165) is 47.7 Å². The van der Waals surface area contributed by atoms with Gasteiger partial charge >= 0.3 is 0 Å². The van der Waals surface area contributed by atoms with Crippen molar-refractivity contribution in [3.8, 4) is 0 Å². The van der Waals surface area contributed by atoms with Crippen LogP contribution in [0.1, 0.15) is 28.2 Å². The van der Waals surface area contributed by atoms with E-state index < -0.39 is 0 Å². The Balaban J connectivity index is 1.35. The van der Waals surface area contributed by atoms with Gasteiger partial charge in [-0.15, -0.1) is 21.5 Å². The molecule has 0 fully saturated rings. The van der Waals surface area contributed by atoms with E-state index in [4.69, 9.17) is 0 Å². The first-order chi connectivity index (χ1) is 17.0. The lowest BCUT2D eigenvalue weighted by Crippen LogP contribution is -2.30. The molecule has 0 atom stereocenters. The third kappa shape index (κ3) is 3.57. The summed E-state index contributed by atoms with van der Waals surface area (Å²) in [5.41, 5.74) is 3.96. The van der Waals surface area contributed by atoms with Gasteiger partial charge in [0.05, 0.1) is 12.1 Å². The Hall–Kier alpha value is -4.05. The first kappa shape index (κ1) is 21.5. The second-order valence-corrected chi connectivity index (χ2v) is 9.46. The van der Waals surface area contributed by atoms with Crippen molar-refractivity contribution >= 4 is 44.6 Å². The lowest BCUT2D eigenvalue weighted by atomic mass is 9.99. The average molecular weight is 489 g/mol. The van der Waals surface area contributed by atoms with E-state index in [1.807, 2.05) is 34.0 Å². The molecule has 3 aromatic heterocycles. The predicted molar refractivity (Wildman–Crippen MR) is 134 cm³/mol. The van der Waals surface area contributed by atoms with Crippen LogP contribution in [0, 0.1) is 5.82 Å². The van der Waals surface area contributed by atoms with Crippen LogP contribution < -0.4 is 15.8 Å². The number of hydrogen-bond donors (Lipinski definition) is 1. The molecule has 1 amide bonds. The highest BCUT2D eigenvalue weighted by Gasteiger charge is 2.23. The summed E-state index contributed by atoms with van der Waals surface area (Å²) in [5.74, 6) is 0.593. The van der Waals surface area contributed by atoms with Gasteiger partial charge < -0.3 is 10.2 Å². The Morgan fingerprint density at radius 1 is 1.14 bits per heavy atom. The van der Waals surface area contributed by atoms with E-state index in [0.29, 0.717) is 22.6 Å². The molecule has 176 valence electrons. The normalized spacial score (nSPS) is 13.4. The first-order valence-corrected chi connectivity index (χ1v) is 12.1. The number of aryl methyl sites for hydroxylation is 1. The van der Waals surface area contributed by atoms with Gasteiger partial charge in [-0.3, -0.25) is 18.6 Å². The molecule has 0 aliphatic carbocycles. The number of carbonyl (C=O) groups excluding carboxylic acids is 1. The van der Waals surface area contributed by atoms with Crippen LogP contribution in [0.4, 0.5) is 15.8 Å². The van der Waals surface area contributed by atoms with E-state index in [9.17, 15) is 14.0 Å². The van der Waals surface area contributed by atoms with Crippen molar-refractivity contribution < 1.29 is 9.18 Å². The van der Waals surface area contributed by atoms with E-state index in [2.05, 4.69) is 20.4 Å². The fourth-order valence-corrected chi connectivity index (χ4v) is 5.55. The summed E-state index contributed by atoms with van der Waals surface area (Å²) >= 11 is 1.41. The zero-order valence-corrected chi connectivity index (χ0v) is 19.7. The van der Waals surface area contributed by atoms with Crippen LogP contribution in [-0.4, -0.2) is 31.6 Å². The molecule has 1 aliphatic heterocycles. The van der Waals surface area contributed by atoms with Crippen LogP contribution in [0.15, 0.2) is 58.7 Å². The van der Waals surface area contributed by atoms with Crippen molar-refractivity contribution in [3.05, 3.63) is 87.0 Å². The van der Waals surface area contributed by atoms with Gasteiger partial charge in [-0.1, -0.05) is 6.07 Å². The van der Waals surface area contributed by atoms with Gasteiger partial charge in [0.25, 0.3) is 11.5 Å². The number of halogens is 1. The quantitative estimate of drug-likeness (QED) is 0.414. The lowest BCUT2D eigenvalue weighted by molar-refractivity contribution is 0.102. The van der Waals surface area contributed by atoms with Gasteiger partial charge in [-0.25, -0.2) is 4.39 Å². The molecule has 8 nitrogen and oxygen atoms in total. The summed E-state index contributed by atoms with van der Waals surface area (Å²) < 4.78 is 17.4. The minimum absolute atomic E-state index is 0.0775. The molecule has 1 N–H and O–H groups in total. The molecule has 1 aliphatic rings. The van der Waals surface area contributed by atoms with Crippen molar-refractivity contribution in [2.24, 2.45) is 7.05 Å². The number of benzene rings is 2. The number of hydrogen-bond acceptors (Lipinski definition) is 6. The third-order valence-corrected chi connectivity index (χ3v) is 7.32. The number of aromatic nitrogens is 4. The molecule has 0 saturated heterocycles. The number of rotatable bonds is 4. The molecule has 6 rings (SSSR count). The monoisotopic (exact) mass is 488 g/mol. The van der Waals surface area contributed by atoms with Crippen molar-refractivity contribution in [2.45, 2.75) is 19.4 Å². The van der Waals surface area contributed by atoms with Gasteiger partial charge in [0.2, 0.25) is 5.78 Å². The van der Waals surface area contributed by atoms with Gasteiger partial charge in [-0.05, 0) is 66.2 Å². The smallest absolute Gasteiger partial charge is 0.272 e. The summed E-state index contributed by atoms with van der Waals surface area (Å²) in [5, 5.41) is 13.6. The lowest BCUT2D eigenvalue weighted by Gasteiger charge is -2.32. The maximum atomic E-state index is 13.2. The van der Waals surface area contributed by atoms with Crippen molar-refractivity contribution in [1.82, 2.24) is 19.2 Å². The van der Waals surface area contributed by atoms with Crippen LogP contribution in [0.3, 0.4) is 0 Å². The first-order valence-electron chi connectivity index (χ1n) is 11.3. The molecule has 10 heteroatoms. The molecule has 2 aromatic carbocycles. The fraction of sp³-hybridized carbons (Fsp3) is 0.200. The number of fused-ring (bicyclic) bond motifs is 4. The number of amides is 1. The van der Waals surface area contributed by atoms with E-state index >= 15 is 0 Å². The van der Waals surface area contributed by atoms with Gasteiger partial charge in [0, 0.05) is 30.5 Å². The number of nitrogens with zero attached hydrogens (tertiary/aromatic N) is 5. The SMILES string of the molecule is Cn1c(=O)c2sccc2n2c(CN3CCCc4c(NC(=O)c5ccc(F)cc5)cccc43)nnc12. The van der Waals surface area contributed by atoms with Crippen molar-refractivity contribution in [1.29, 1.82) is 0 Å². The fourth-order valence-electron chi connectivity index (χ4n) is 4.70. The minimum Gasteiger partial charge on any atom is -0.364 e. The highest BCUT2D eigenvalue weighted by molar-refractivity contribution is 7.17. The molecule has 35 heavy (non-hydrogen) atoms. The topological polar surface area (TPSA) is 84.5 Å². The highest BCUT2D eigenvalue weighted by atomic mass is 32.1. The van der Waals surface area contributed by atoms with Crippen LogP contribution in [-0.2, 0) is 20.0 Å². The van der Waals surface area contributed by atoms with Gasteiger partial charge in [0.15, 0.2) is 5.82 Å². The molecule has 5 aromatic rings. The molecular weight excluding hydrogens is 467 g/mol. The molecule has 0 unspecified atom stereocenters. The summed E-state index contributed by atoms with van der Waals surface area (Å²) in [7, 11) is 1.71. The largest absolute Gasteiger partial charge is 0.364 e. The third-order valence-electron chi connectivity index (χ3n) is 6.43. The van der Waals surface area contributed by atoms with Gasteiger partial charge in [-0.2, -0.15) is 0 Å². The van der Waals surface area contributed by atoms with Crippen LogP contribution in [0.2, 0.25) is 0 Å². The maximum absolute atomic E-state index is 13.2. The van der Waals surface area contributed by atoms with E-state index in [1.165, 1.54) is 40.2 Å². The van der Waals surface area contributed by atoms with Crippen LogP contribution >= 0.6 is 11.3 Å². The molecule has 0 radical (unpaired) electrons. The number of nitrogens with one attached hydrogen (secondary N) is 1. The second kappa shape index (κ2) is 8.31. The van der Waals surface area contributed by atoms with Crippen LogP contribution in [0.5, 0.6) is 0 Å². The Labute approximate surface area is 203 Å². The molecule has 0 saturated carbocycles. The maximum Gasteiger partial charge on any atom is 0.272 e. The van der Waals surface area contributed by atoms with E-state index in [1.54, 1.807) is 7.05 Å². The zero-order valence-electron chi connectivity index (χ0n) is 18.9. The molecule has 0 bridgehead atoms. The molecule has 0 spiro atoms. The number of anilines is 2. The second-order valence-electron chi connectivity index (χ2n) is 8.54. The number of carbonyl (C=O) groups is 1.